The maximum absolute atomic E-state index is 14.4. The van der Waals surface area contributed by atoms with E-state index < -0.39 is 42.0 Å². The summed E-state index contributed by atoms with van der Waals surface area (Å²) in [6, 6.07) is -1.39. The van der Waals surface area contributed by atoms with Crippen LogP contribution in [-0.2, 0) is 61.9 Å². The fourth-order valence-corrected chi connectivity index (χ4v) is 9.84. The Morgan fingerprint density at radius 1 is 0.436 bits per heavy atom. The van der Waals surface area contributed by atoms with E-state index in [2.05, 4.69) is 32.6 Å². The fourth-order valence-electron chi connectivity index (χ4n) is 9.84. The number of ether oxygens (including phenoxy) is 7. The Bertz CT molecular complexity index is 1500. The zero-order valence-electron chi connectivity index (χ0n) is 49.6. The zero-order valence-corrected chi connectivity index (χ0v) is 49.6. The molecule has 3 atom stereocenters. The van der Waals surface area contributed by atoms with Gasteiger partial charge in [0, 0.05) is 44.1 Å². The number of likely N-dealkylation sites (tertiary alicyclic amines) is 1. The molecule has 2 aliphatic rings. The van der Waals surface area contributed by atoms with Gasteiger partial charge in [0.15, 0.2) is 0 Å². The molecule has 0 radical (unpaired) electrons. The van der Waals surface area contributed by atoms with Crippen LogP contribution in [0, 0.1) is 11.8 Å². The second-order valence-corrected chi connectivity index (χ2v) is 22.2. The minimum absolute atomic E-state index is 0.119. The Kier molecular flexibility index (Phi) is 41.7. The summed E-state index contributed by atoms with van der Waals surface area (Å²) < 4.78 is 40.6. The average Bonchev–Trinajstić information content (AvgIpc) is 3.77. The Morgan fingerprint density at radius 2 is 0.769 bits per heavy atom. The number of hydrogen-bond donors (Lipinski definition) is 0. The van der Waals surface area contributed by atoms with E-state index >= 15 is 0 Å². The maximum atomic E-state index is 14.4. The van der Waals surface area contributed by atoms with Crippen LogP contribution in [-0.4, -0.2) is 130 Å². The molecule has 0 aromatic carbocycles. The van der Waals surface area contributed by atoms with Crippen LogP contribution in [0.4, 0.5) is 4.79 Å². The van der Waals surface area contributed by atoms with E-state index in [-0.39, 0.29) is 108 Å². The first-order chi connectivity index (χ1) is 37.9. The van der Waals surface area contributed by atoms with Crippen LogP contribution in [0.1, 0.15) is 252 Å². The summed E-state index contributed by atoms with van der Waals surface area (Å²) in [5.41, 5.74) is 0. The van der Waals surface area contributed by atoms with Gasteiger partial charge in [-0.2, -0.15) is 0 Å². The number of likely N-dealkylation sites (N-methyl/N-ethyl adjacent to an activating group) is 1. The molecule has 0 N–H and O–H groups in total. The summed E-state index contributed by atoms with van der Waals surface area (Å²) in [5.74, 6) is -3.99. The van der Waals surface area contributed by atoms with E-state index in [0.717, 1.165) is 148 Å². The van der Waals surface area contributed by atoms with E-state index in [9.17, 15) is 33.6 Å². The Morgan fingerprint density at radius 3 is 1.12 bits per heavy atom. The molecule has 2 rings (SSSR count). The molecule has 2 heterocycles. The van der Waals surface area contributed by atoms with Crippen LogP contribution in [0.15, 0.2) is 12.2 Å². The number of esters is 6. The molecule has 450 valence electrons. The van der Waals surface area contributed by atoms with Crippen LogP contribution in [0.5, 0.6) is 0 Å². The molecule has 1 amide bonds. The predicted octanol–water partition coefficient (Wildman–Crippen LogP) is 13.3. The highest BCUT2D eigenvalue weighted by Crippen LogP contribution is 2.24. The summed E-state index contributed by atoms with van der Waals surface area (Å²) in [5, 5.41) is 0. The number of carbonyl (C=O) groups excluding carboxylic acids is 7. The normalized spacial score (nSPS) is 16.8. The quantitative estimate of drug-likeness (QED) is 0.0242. The minimum Gasteiger partial charge on any atom is -0.465 e. The summed E-state index contributed by atoms with van der Waals surface area (Å²) in [6.07, 6.45) is 31.2. The number of rotatable bonds is 45. The van der Waals surface area contributed by atoms with Crippen molar-refractivity contribution in [3.05, 3.63) is 12.2 Å². The molecule has 2 aliphatic heterocycles. The van der Waals surface area contributed by atoms with Gasteiger partial charge in [-0.3, -0.25) is 33.7 Å². The van der Waals surface area contributed by atoms with Gasteiger partial charge in [-0.05, 0) is 71.4 Å². The number of unbranched alkanes of at least 4 members (excludes halogenated alkanes) is 20. The van der Waals surface area contributed by atoms with Crippen molar-refractivity contribution in [2.24, 2.45) is 11.8 Å². The van der Waals surface area contributed by atoms with Crippen molar-refractivity contribution >= 4 is 41.9 Å². The lowest BCUT2D eigenvalue weighted by Crippen LogP contribution is -2.52. The molecule has 0 aliphatic carbocycles. The van der Waals surface area contributed by atoms with E-state index in [0.29, 0.717) is 51.5 Å². The van der Waals surface area contributed by atoms with Crippen molar-refractivity contribution in [2.75, 3.05) is 59.8 Å². The lowest BCUT2D eigenvalue weighted by molar-refractivity contribution is -0.156. The van der Waals surface area contributed by atoms with Crippen molar-refractivity contribution in [3.8, 4) is 0 Å². The van der Waals surface area contributed by atoms with Gasteiger partial charge in [0.2, 0.25) is 0 Å². The molecular weight excluding hydrogens is 997 g/mol. The summed E-state index contributed by atoms with van der Waals surface area (Å²) in [4.78, 5) is 96.8. The van der Waals surface area contributed by atoms with Crippen LogP contribution in [0.3, 0.4) is 0 Å². The second kappa shape index (κ2) is 46.5. The van der Waals surface area contributed by atoms with Crippen molar-refractivity contribution in [1.29, 1.82) is 0 Å². The second-order valence-electron chi connectivity index (χ2n) is 22.2. The molecule has 0 aromatic heterocycles. The topological polar surface area (TPSA) is 191 Å². The van der Waals surface area contributed by atoms with Crippen LogP contribution in [0.25, 0.3) is 0 Å². The first kappa shape index (κ1) is 69.9. The SMILES string of the molecule is CCCCCCCCC(=O)OCC(COC(=O)CCCCCCCC)CC(=O)OC[C@@H]1CC=CC[C@@H](COC(=O)CC(COC(=O)CCCCCCCC)COC(=O)CCCCCCCC)N1C(=O)OC1CCCCN(C)C1. The van der Waals surface area contributed by atoms with Gasteiger partial charge in [0.05, 0.1) is 51.4 Å². The van der Waals surface area contributed by atoms with Gasteiger partial charge >= 0.3 is 41.9 Å². The van der Waals surface area contributed by atoms with Crippen molar-refractivity contribution in [2.45, 2.75) is 271 Å². The van der Waals surface area contributed by atoms with E-state index in [1.165, 1.54) is 4.90 Å². The molecule has 16 heteroatoms. The van der Waals surface area contributed by atoms with Crippen LogP contribution < -0.4 is 0 Å². The molecule has 1 saturated heterocycles. The zero-order chi connectivity index (χ0) is 56.9. The monoisotopic (exact) mass is 1100 g/mol. The van der Waals surface area contributed by atoms with Crippen molar-refractivity contribution in [3.63, 3.8) is 0 Å². The molecule has 0 saturated carbocycles. The third-order valence-corrected chi connectivity index (χ3v) is 14.7. The minimum atomic E-state index is -0.693. The van der Waals surface area contributed by atoms with Crippen molar-refractivity contribution in [1.82, 2.24) is 9.80 Å². The van der Waals surface area contributed by atoms with Gasteiger partial charge in [0.25, 0.3) is 0 Å². The van der Waals surface area contributed by atoms with E-state index in [4.69, 9.17) is 33.2 Å². The number of hydrogen-bond acceptors (Lipinski definition) is 15. The Labute approximate surface area is 471 Å². The summed E-state index contributed by atoms with van der Waals surface area (Å²) in [6.45, 7) is 9.19. The highest BCUT2D eigenvalue weighted by atomic mass is 16.6. The van der Waals surface area contributed by atoms with Crippen LogP contribution in [0.2, 0.25) is 0 Å². The van der Waals surface area contributed by atoms with Crippen molar-refractivity contribution < 1.29 is 66.7 Å². The van der Waals surface area contributed by atoms with Gasteiger partial charge in [-0.1, -0.05) is 168 Å². The number of amides is 1. The molecule has 0 bridgehead atoms. The largest absolute Gasteiger partial charge is 0.465 e. The summed E-state index contributed by atoms with van der Waals surface area (Å²) in [7, 11) is 1.99. The van der Waals surface area contributed by atoms with E-state index in [1.54, 1.807) is 0 Å². The fraction of sp³-hybridized carbons (Fsp3) is 0.855. The molecule has 78 heavy (non-hydrogen) atoms. The lowest BCUT2D eigenvalue weighted by atomic mass is 10.1. The van der Waals surface area contributed by atoms with E-state index in [1.807, 2.05) is 19.2 Å². The summed E-state index contributed by atoms with van der Waals surface area (Å²) >= 11 is 0. The third-order valence-electron chi connectivity index (χ3n) is 14.7. The van der Waals surface area contributed by atoms with Gasteiger partial charge < -0.3 is 38.1 Å². The third kappa shape index (κ3) is 36.1. The van der Waals surface area contributed by atoms with Gasteiger partial charge in [-0.15, -0.1) is 0 Å². The molecule has 16 nitrogen and oxygen atoms in total. The average molecular weight is 1110 g/mol. The standard InChI is InChI=1S/C62H108N2O14/c1-6-10-14-18-22-26-37-56(65)72-45-51(46-73-57(66)38-27-23-19-15-11-7-2)42-60(69)76-49-53-34-30-31-35-54(64(53)62(71)78-55-36-32-33-41-63(5)44-55)50-77-61(70)43-52(47-74-58(67)39-28-24-20-16-12-8-3)48-75-59(68)40-29-25-21-17-13-9-4/h30-31,51-55H,6-29,32-50H2,1-5H3/t53-,54-,55?/m0/s1. The molecule has 1 unspecified atom stereocenters. The Balaban J connectivity index is 2.21. The van der Waals surface area contributed by atoms with Gasteiger partial charge in [0.1, 0.15) is 19.3 Å². The highest BCUT2D eigenvalue weighted by molar-refractivity contribution is 5.73. The molecule has 1 fully saturated rings. The number of nitrogens with zero attached hydrogens (tertiary/aromatic N) is 2. The highest BCUT2D eigenvalue weighted by Gasteiger charge is 2.36. The lowest BCUT2D eigenvalue weighted by Gasteiger charge is -2.36. The maximum Gasteiger partial charge on any atom is 0.410 e. The number of carbonyl (C=O) groups is 7. The molecule has 0 aromatic rings. The first-order valence-electron chi connectivity index (χ1n) is 31.1. The smallest absolute Gasteiger partial charge is 0.410 e. The molecular formula is C62H108N2O14. The van der Waals surface area contributed by atoms with Gasteiger partial charge in [-0.25, -0.2) is 4.79 Å². The first-order valence-corrected chi connectivity index (χ1v) is 31.1. The predicted molar refractivity (Wildman–Crippen MR) is 303 cm³/mol. The van der Waals surface area contributed by atoms with Crippen LogP contribution >= 0.6 is 0 Å². The molecule has 0 spiro atoms. The Hall–Kier alpha value is -4.21.